The maximum Gasteiger partial charge on any atom is 0.305 e. The molecule has 3 aromatic rings. The van der Waals surface area contributed by atoms with Crippen LogP contribution >= 0.6 is 0 Å². The van der Waals surface area contributed by atoms with Gasteiger partial charge in [0.15, 0.2) is 0 Å². The molecule has 3 aromatic carbocycles. The predicted molar refractivity (Wildman–Crippen MR) is 157 cm³/mol. The number of methoxy groups -OCH3 is 1. The van der Waals surface area contributed by atoms with Crippen LogP contribution in [0.15, 0.2) is 96.2 Å². The van der Waals surface area contributed by atoms with E-state index in [0.717, 1.165) is 29.5 Å². The Morgan fingerprint density at radius 3 is 2.37 bits per heavy atom. The van der Waals surface area contributed by atoms with Gasteiger partial charge in [-0.15, -0.1) is 0 Å². The maximum atomic E-state index is 13.1. The molecule has 0 heterocycles. The summed E-state index contributed by atoms with van der Waals surface area (Å²) in [7, 11) is 1.40. The van der Waals surface area contributed by atoms with Crippen LogP contribution in [0.25, 0.3) is 11.1 Å². The Labute approximate surface area is 241 Å². The molecule has 0 aromatic heterocycles. The molecule has 41 heavy (non-hydrogen) atoms. The Bertz CT molecular complexity index is 1260. The van der Waals surface area contributed by atoms with Gasteiger partial charge in [-0.25, -0.2) is 4.39 Å². The number of aliphatic hydroxyl groups excluding tert-OH is 1. The zero-order valence-electron chi connectivity index (χ0n) is 23.4. The van der Waals surface area contributed by atoms with Crippen molar-refractivity contribution in [2.24, 2.45) is 17.0 Å². The van der Waals surface area contributed by atoms with Gasteiger partial charge in [-0.3, -0.25) is 4.79 Å². The van der Waals surface area contributed by atoms with Crippen molar-refractivity contribution in [3.8, 4) is 11.1 Å². The molecule has 1 aliphatic rings. The lowest BCUT2D eigenvalue weighted by molar-refractivity contribution is -0.140. The number of oxime groups is 1. The third-order valence-electron chi connectivity index (χ3n) is 7.42. The van der Waals surface area contributed by atoms with Crippen molar-refractivity contribution in [3.05, 3.63) is 108 Å². The van der Waals surface area contributed by atoms with E-state index in [0.29, 0.717) is 25.9 Å². The van der Waals surface area contributed by atoms with Crippen molar-refractivity contribution in [1.82, 2.24) is 0 Å². The molecular formula is C34H38FNO5. The van der Waals surface area contributed by atoms with Crippen molar-refractivity contribution >= 4 is 12.2 Å². The molecule has 7 heteroatoms. The van der Waals surface area contributed by atoms with Crippen molar-refractivity contribution < 1.29 is 28.6 Å². The van der Waals surface area contributed by atoms with Crippen LogP contribution in [0.5, 0.6) is 0 Å². The van der Waals surface area contributed by atoms with Crippen molar-refractivity contribution in [2.75, 3.05) is 7.11 Å². The Hall–Kier alpha value is -3.81. The highest BCUT2D eigenvalue weighted by Gasteiger charge is 2.42. The Kier molecular flexibility index (Phi) is 11.7. The zero-order valence-corrected chi connectivity index (χ0v) is 23.4. The SMILES string of the molecule is COC(=O)CCC/C=C\C[C@@H]1[C@@H](C=NOCc2ccc(F)cc2)[C@H](O)C[C@@H]1OCc1ccc(-c2ccccc2)cc1. The molecule has 4 atom stereocenters. The van der Waals surface area contributed by atoms with Gasteiger partial charge >= 0.3 is 5.97 Å². The summed E-state index contributed by atoms with van der Waals surface area (Å²) in [6.07, 6.45) is 8.11. The molecule has 0 aliphatic heterocycles. The molecule has 0 bridgehead atoms. The van der Waals surface area contributed by atoms with Crippen LogP contribution in [-0.4, -0.2) is 36.6 Å². The van der Waals surface area contributed by atoms with E-state index in [4.69, 9.17) is 14.3 Å². The van der Waals surface area contributed by atoms with Crippen molar-refractivity contribution in [1.29, 1.82) is 0 Å². The fourth-order valence-corrected chi connectivity index (χ4v) is 5.08. The quantitative estimate of drug-likeness (QED) is 0.0767. The minimum atomic E-state index is -0.614. The van der Waals surface area contributed by atoms with E-state index < -0.39 is 6.10 Å². The first-order valence-corrected chi connectivity index (χ1v) is 14.1. The van der Waals surface area contributed by atoms with Gasteiger partial charge in [0.1, 0.15) is 12.4 Å². The van der Waals surface area contributed by atoms with Gasteiger partial charge in [0.2, 0.25) is 0 Å². The lowest BCUT2D eigenvalue weighted by Crippen LogP contribution is -2.24. The highest BCUT2D eigenvalue weighted by Crippen LogP contribution is 2.37. The third kappa shape index (κ3) is 9.37. The van der Waals surface area contributed by atoms with E-state index in [-0.39, 0.29) is 36.3 Å². The van der Waals surface area contributed by atoms with Gasteiger partial charge in [-0.05, 0) is 59.6 Å². The number of hydrogen-bond donors (Lipinski definition) is 1. The largest absolute Gasteiger partial charge is 0.469 e. The van der Waals surface area contributed by atoms with Gasteiger partial charge in [0.05, 0.1) is 25.9 Å². The Balaban J connectivity index is 1.36. The highest BCUT2D eigenvalue weighted by atomic mass is 19.1. The first-order valence-electron chi connectivity index (χ1n) is 14.1. The van der Waals surface area contributed by atoms with E-state index in [1.807, 2.05) is 18.2 Å². The monoisotopic (exact) mass is 559 g/mol. The second kappa shape index (κ2) is 15.8. The maximum absolute atomic E-state index is 13.1. The summed E-state index contributed by atoms with van der Waals surface area (Å²) in [6.45, 7) is 0.653. The lowest BCUT2D eigenvalue weighted by atomic mass is 9.91. The van der Waals surface area contributed by atoms with Crippen molar-refractivity contribution in [2.45, 2.75) is 57.5 Å². The number of halogens is 1. The molecule has 1 N–H and O–H groups in total. The summed E-state index contributed by atoms with van der Waals surface area (Å²) < 4.78 is 24.2. The summed E-state index contributed by atoms with van der Waals surface area (Å²) in [6, 6.07) is 24.6. The molecule has 1 saturated carbocycles. The average molecular weight is 560 g/mol. The zero-order chi connectivity index (χ0) is 28.9. The minimum Gasteiger partial charge on any atom is -0.469 e. The number of unbranched alkanes of at least 4 members (excludes halogenated alkanes) is 1. The van der Waals surface area contributed by atoms with Crippen LogP contribution in [0.2, 0.25) is 0 Å². The van der Waals surface area contributed by atoms with Crippen LogP contribution in [-0.2, 0) is 32.3 Å². The minimum absolute atomic E-state index is 0.00335. The number of ether oxygens (including phenoxy) is 2. The van der Waals surface area contributed by atoms with Crippen LogP contribution in [0, 0.1) is 17.7 Å². The Morgan fingerprint density at radius 2 is 1.63 bits per heavy atom. The van der Waals surface area contributed by atoms with Crippen LogP contribution < -0.4 is 0 Å². The molecule has 0 spiro atoms. The summed E-state index contributed by atoms with van der Waals surface area (Å²) in [5.41, 5.74) is 4.19. The number of rotatable bonds is 14. The number of benzene rings is 3. The van der Waals surface area contributed by atoms with Crippen molar-refractivity contribution in [3.63, 3.8) is 0 Å². The smallest absolute Gasteiger partial charge is 0.305 e. The average Bonchev–Trinajstić information content (AvgIpc) is 3.30. The standard InChI is InChI=1S/C34H38FNO5/c1-39-34(38)12-8-3-2-7-11-30-31(22-36-41-24-26-15-19-29(35)20-16-26)32(37)21-33(30)40-23-25-13-17-28(18-14-25)27-9-5-4-6-10-27/h2,4-7,9-10,13-20,22,30-33,37H,3,8,11-12,21,23-24H2,1H3/b7-2-,36-22?/t30-,31-,32-,33+/m1/s1. The lowest BCUT2D eigenvalue weighted by Gasteiger charge is -2.22. The predicted octanol–water partition coefficient (Wildman–Crippen LogP) is 6.87. The molecule has 0 saturated heterocycles. The number of hydrogen-bond acceptors (Lipinski definition) is 6. The molecular weight excluding hydrogens is 521 g/mol. The number of aliphatic hydroxyl groups is 1. The third-order valence-corrected chi connectivity index (χ3v) is 7.42. The van der Waals surface area contributed by atoms with Gasteiger partial charge in [0.25, 0.3) is 0 Å². The fraction of sp³-hybridized carbons (Fsp3) is 0.353. The first-order chi connectivity index (χ1) is 20.0. The highest BCUT2D eigenvalue weighted by molar-refractivity contribution is 5.69. The first kappa shape index (κ1) is 30.2. The van der Waals surface area contributed by atoms with Gasteiger partial charge < -0.3 is 19.4 Å². The normalized spacial score (nSPS) is 20.6. The van der Waals surface area contributed by atoms with E-state index >= 15 is 0 Å². The molecule has 0 radical (unpaired) electrons. The van der Waals surface area contributed by atoms with Gasteiger partial charge in [0, 0.05) is 25.0 Å². The second-order valence-electron chi connectivity index (χ2n) is 10.3. The molecule has 216 valence electrons. The number of carbonyl (C=O) groups is 1. The topological polar surface area (TPSA) is 77.4 Å². The van der Waals surface area contributed by atoms with Crippen LogP contribution in [0.1, 0.15) is 43.2 Å². The van der Waals surface area contributed by atoms with E-state index in [9.17, 15) is 14.3 Å². The molecule has 1 fully saturated rings. The summed E-state index contributed by atoms with van der Waals surface area (Å²) >= 11 is 0. The molecule has 4 rings (SSSR count). The summed E-state index contributed by atoms with van der Waals surface area (Å²) in [4.78, 5) is 16.8. The Morgan fingerprint density at radius 1 is 0.951 bits per heavy atom. The molecule has 0 amide bonds. The molecule has 0 unspecified atom stereocenters. The van der Waals surface area contributed by atoms with Crippen LogP contribution in [0.3, 0.4) is 0 Å². The van der Waals surface area contributed by atoms with Gasteiger partial charge in [-0.1, -0.05) is 84.0 Å². The van der Waals surface area contributed by atoms with E-state index in [1.54, 1.807) is 18.3 Å². The number of esters is 1. The number of nitrogens with zero attached hydrogens (tertiary/aromatic N) is 1. The molecule has 1 aliphatic carbocycles. The van der Waals surface area contributed by atoms with E-state index in [2.05, 4.69) is 53.7 Å². The molecule has 6 nitrogen and oxygen atoms in total. The van der Waals surface area contributed by atoms with Gasteiger partial charge in [-0.2, -0.15) is 0 Å². The van der Waals surface area contributed by atoms with Crippen LogP contribution in [0.4, 0.5) is 4.39 Å². The fourth-order valence-electron chi connectivity index (χ4n) is 5.08. The van der Waals surface area contributed by atoms with E-state index in [1.165, 1.54) is 24.8 Å². The second-order valence-corrected chi connectivity index (χ2v) is 10.3. The number of allylic oxidation sites excluding steroid dienone is 2. The summed E-state index contributed by atoms with van der Waals surface area (Å²) in [5, 5.41) is 15.1. The number of carbonyl (C=O) groups excluding carboxylic acids is 1. The summed E-state index contributed by atoms with van der Waals surface area (Å²) in [5.74, 6) is -0.748.